The average Bonchev–Trinajstić information content (AvgIpc) is 2.93. The predicted molar refractivity (Wildman–Crippen MR) is 159 cm³/mol. The van der Waals surface area contributed by atoms with Crippen molar-refractivity contribution in [3.8, 4) is 11.1 Å². The topological polar surface area (TPSA) is 89.5 Å². The first-order valence-corrected chi connectivity index (χ1v) is 13.9. The zero-order valence-corrected chi connectivity index (χ0v) is 26.2. The van der Waals surface area contributed by atoms with Crippen molar-refractivity contribution in [3.63, 3.8) is 0 Å². The number of hydrogen-bond donors (Lipinski definition) is 0. The number of hydrogen-bond acceptors (Lipinski definition) is 8. The Morgan fingerprint density at radius 3 is 1.45 bits per heavy atom. The van der Waals surface area contributed by atoms with Crippen LogP contribution in [0.15, 0.2) is 72.8 Å². The van der Waals surface area contributed by atoms with Gasteiger partial charge in [0.05, 0.1) is 22.3 Å². The molecule has 0 unspecified atom stereocenters. The Balaban J connectivity index is 2.13. The third kappa shape index (κ3) is 8.72. The van der Waals surface area contributed by atoms with Crippen LogP contribution in [0.5, 0.6) is 0 Å². The van der Waals surface area contributed by atoms with Crippen LogP contribution in [0.1, 0.15) is 101 Å². The minimum absolute atomic E-state index is 0.173. The summed E-state index contributed by atoms with van der Waals surface area (Å²) in [5.74, 6) is -1.63. The smallest absolute Gasteiger partial charge is 0.242 e. The molecule has 3 aromatic carbocycles. The van der Waals surface area contributed by atoms with E-state index in [4.69, 9.17) is 29.3 Å². The lowest BCUT2D eigenvalue weighted by molar-refractivity contribution is -0.403. The monoisotopic (exact) mass is 578 g/mol. The molecule has 3 aromatic rings. The summed E-state index contributed by atoms with van der Waals surface area (Å²) in [5, 5.41) is 0. The van der Waals surface area contributed by atoms with E-state index in [9.17, 15) is 9.59 Å². The van der Waals surface area contributed by atoms with E-state index in [1.54, 1.807) is 48.5 Å². The highest BCUT2D eigenvalue weighted by Crippen LogP contribution is 2.43. The molecule has 8 heteroatoms. The van der Waals surface area contributed by atoms with Crippen molar-refractivity contribution in [3.05, 3.63) is 95.1 Å². The highest BCUT2D eigenvalue weighted by atomic mass is 17.2. The lowest BCUT2D eigenvalue weighted by Crippen LogP contribution is -2.32. The third-order valence-corrected chi connectivity index (χ3v) is 5.98. The van der Waals surface area contributed by atoms with Crippen LogP contribution in [0.25, 0.3) is 11.1 Å². The molecular formula is C34H42O8. The summed E-state index contributed by atoms with van der Waals surface area (Å²) >= 11 is 0. The number of benzene rings is 3. The van der Waals surface area contributed by atoms with Crippen LogP contribution in [-0.4, -0.2) is 23.1 Å². The lowest BCUT2D eigenvalue weighted by atomic mass is 9.80. The Kier molecular flexibility index (Phi) is 10.0. The van der Waals surface area contributed by atoms with E-state index in [0.29, 0.717) is 11.1 Å². The maximum Gasteiger partial charge on any atom is 0.386 e. The minimum Gasteiger partial charge on any atom is -0.242 e. The minimum atomic E-state index is -0.976. The van der Waals surface area contributed by atoms with Gasteiger partial charge in [-0.25, -0.2) is 38.9 Å². The molecule has 0 spiro atoms. The summed E-state index contributed by atoms with van der Waals surface area (Å²) < 4.78 is 0. The number of rotatable bonds is 9. The Morgan fingerprint density at radius 1 is 0.500 bits per heavy atom. The van der Waals surface area contributed by atoms with Crippen LogP contribution in [0.2, 0.25) is 0 Å². The maximum atomic E-state index is 13.4. The summed E-state index contributed by atoms with van der Waals surface area (Å²) in [6.45, 7) is 18.9. The Labute approximate surface area is 248 Å². The lowest BCUT2D eigenvalue weighted by Gasteiger charge is -2.35. The molecule has 0 fully saturated rings. The van der Waals surface area contributed by atoms with Crippen molar-refractivity contribution >= 4 is 11.9 Å². The van der Waals surface area contributed by atoms with E-state index in [1.807, 2.05) is 93.5 Å². The van der Waals surface area contributed by atoms with Crippen LogP contribution in [0.3, 0.4) is 0 Å². The Bertz CT molecular complexity index is 1330. The summed E-state index contributed by atoms with van der Waals surface area (Å²) in [7, 11) is 0. The van der Waals surface area contributed by atoms with Gasteiger partial charge in [-0.1, -0.05) is 54.6 Å². The van der Waals surface area contributed by atoms with E-state index >= 15 is 0 Å². The van der Waals surface area contributed by atoms with Gasteiger partial charge in [0.25, 0.3) is 0 Å². The first kappa shape index (κ1) is 32.9. The van der Waals surface area contributed by atoms with Gasteiger partial charge in [-0.15, -0.1) is 0 Å². The molecule has 0 bridgehead atoms. The molecule has 0 saturated heterocycles. The summed E-state index contributed by atoms with van der Waals surface area (Å²) in [6, 6.07) is 20.9. The van der Waals surface area contributed by atoms with Crippen molar-refractivity contribution in [2.24, 2.45) is 0 Å². The molecule has 0 aliphatic rings. The molecule has 8 nitrogen and oxygen atoms in total. The predicted octanol–water partition coefficient (Wildman–Crippen LogP) is 8.25. The van der Waals surface area contributed by atoms with Gasteiger partial charge in [0, 0.05) is 0 Å². The van der Waals surface area contributed by atoms with Gasteiger partial charge in [-0.2, -0.15) is 0 Å². The fourth-order valence-electron chi connectivity index (χ4n) is 4.02. The molecule has 0 atom stereocenters. The molecule has 0 saturated carbocycles. The van der Waals surface area contributed by atoms with Crippen LogP contribution < -0.4 is 0 Å². The zero-order valence-electron chi connectivity index (χ0n) is 26.2. The molecule has 0 N–H and O–H groups in total. The van der Waals surface area contributed by atoms with Crippen LogP contribution in [0.4, 0.5) is 0 Å². The van der Waals surface area contributed by atoms with Gasteiger partial charge in [0.2, 0.25) is 0 Å². The highest BCUT2D eigenvalue weighted by Gasteiger charge is 2.36. The summed E-state index contributed by atoms with van der Waals surface area (Å²) in [6.07, 6.45) is 0. The highest BCUT2D eigenvalue weighted by molar-refractivity contribution is 5.99. The molecular weight excluding hydrogens is 536 g/mol. The fraction of sp³-hybridized carbons (Fsp3) is 0.412. The SMILES string of the molecule is CC(C)(C)OOC(C)(C)c1cccc(C(C)(C)OOC(C)(C)C)c1-c1ccccc1C(=O)OOC(=O)c1ccccc1. The van der Waals surface area contributed by atoms with E-state index < -0.39 is 34.3 Å². The van der Waals surface area contributed by atoms with Gasteiger partial charge in [-0.05, 0) is 110 Å². The molecule has 0 aliphatic carbocycles. The fourth-order valence-corrected chi connectivity index (χ4v) is 4.02. The van der Waals surface area contributed by atoms with Crippen molar-refractivity contribution in [1.82, 2.24) is 0 Å². The van der Waals surface area contributed by atoms with E-state index in [2.05, 4.69) is 0 Å². The van der Waals surface area contributed by atoms with E-state index in [0.717, 1.165) is 11.1 Å². The van der Waals surface area contributed by atoms with Gasteiger partial charge in [0.1, 0.15) is 11.2 Å². The van der Waals surface area contributed by atoms with Crippen molar-refractivity contribution < 1.29 is 38.9 Å². The van der Waals surface area contributed by atoms with Crippen molar-refractivity contribution in [1.29, 1.82) is 0 Å². The molecule has 42 heavy (non-hydrogen) atoms. The summed E-state index contributed by atoms with van der Waals surface area (Å²) in [5.41, 5.74) is -0.0457. The largest absolute Gasteiger partial charge is 0.386 e. The van der Waals surface area contributed by atoms with Crippen molar-refractivity contribution in [2.45, 2.75) is 91.6 Å². The quantitative estimate of drug-likeness (QED) is 0.185. The molecule has 226 valence electrons. The molecule has 0 aromatic heterocycles. The average molecular weight is 579 g/mol. The second kappa shape index (κ2) is 12.8. The van der Waals surface area contributed by atoms with E-state index in [1.165, 1.54) is 0 Å². The molecule has 0 aliphatic heterocycles. The molecule has 3 rings (SSSR count). The first-order valence-electron chi connectivity index (χ1n) is 13.9. The standard InChI is InChI=1S/C34H42O8/c1-31(2,3)39-41-33(7,8)26-21-16-22-27(34(9,10)42-40-32(4,5)6)28(26)24-19-14-15-20-25(24)30(36)38-37-29(35)23-17-12-11-13-18-23/h11-22H,1-10H3. The second-order valence-corrected chi connectivity index (χ2v) is 13.0. The maximum absolute atomic E-state index is 13.4. The second-order valence-electron chi connectivity index (χ2n) is 13.0. The van der Waals surface area contributed by atoms with Crippen LogP contribution in [0, 0.1) is 0 Å². The normalized spacial score (nSPS) is 12.6. The number of carbonyl (C=O) groups excluding carboxylic acids is 2. The van der Waals surface area contributed by atoms with Crippen LogP contribution >= 0.6 is 0 Å². The van der Waals surface area contributed by atoms with Crippen molar-refractivity contribution in [2.75, 3.05) is 0 Å². The summed E-state index contributed by atoms with van der Waals surface area (Å²) in [4.78, 5) is 59.3. The third-order valence-electron chi connectivity index (χ3n) is 5.98. The van der Waals surface area contributed by atoms with Gasteiger partial charge in [0.15, 0.2) is 0 Å². The van der Waals surface area contributed by atoms with Gasteiger partial charge >= 0.3 is 11.9 Å². The van der Waals surface area contributed by atoms with Gasteiger partial charge in [-0.3, -0.25) is 0 Å². The number of carbonyl (C=O) groups is 2. The van der Waals surface area contributed by atoms with Crippen LogP contribution in [-0.2, 0) is 40.5 Å². The van der Waals surface area contributed by atoms with E-state index in [-0.39, 0.29) is 11.1 Å². The van der Waals surface area contributed by atoms with Gasteiger partial charge < -0.3 is 0 Å². The first-order chi connectivity index (χ1) is 19.4. The molecule has 0 radical (unpaired) electrons. The molecule has 0 amide bonds. The Hall–Kier alpha value is -3.56. The molecule has 0 heterocycles. The zero-order chi connectivity index (χ0) is 31.3. The Morgan fingerprint density at radius 2 is 0.952 bits per heavy atom.